The van der Waals surface area contributed by atoms with Gasteiger partial charge in [0.15, 0.2) is 6.61 Å². The van der Waals surface area contributed by atoms with Crippen LogP contribution in [0.4, 0.5) is 0 Å². The molecule has 0 spiro atoms. The van der Waals surface area contributed by atoms with E-state index in [0.29, 0.717) is 21.2 Å². The Bertz CT molecular complexity index is 916. The van der Waals surface area contributed by atoms with Crippen LogP contribution in [0, 0.1) is 18.3 Å². The van der Waals surface area contributed by atoms with E-state index in [-0.39, 0.29) is 12.1 Å². The molecule has 0 aliphatic heterocycles. The first-order valence-corrected chi connectivity index (χ1v) is 8.71. The average molecular weight is 403 g/mol. The highest BCUT2D eigenvalue weighted by molar-refractivity contribution is 6.35. The topological polar surface area (TPSA) is 79.2 Å². The fraction of sp³-hybridized carbons (Fsp3) is 0.150. The molecule has 2 aromatic carbocycles. The zero-order chi connectivity index (χ0) is 19.8. The van der Waals surface area contributed by atoms with E-state index in [1.165, 1.54) is 6.08 Å². The van der Waals surface area contributed by atoms with Gasteiger partial charge in [0.25, 0.3) is 5.91 Å². The van der Waals surface area contributed by atoms with Crippen LogP contribution in [0.2, 0.25) is 10.0 Å². The normalized spacial score (nSPS) is 10.8. The molecule has 0 bridgehead atoms. The lowest BCUT2D eigenvalue weighted by Crippen LogP contribution is -2.28. The number of nitriles is 1. The Balaban J connectivity index is 1.88. The standard InChI is InChI=1S/C20H16Cl2N2O3/c1-13-2-4-14(5-3-13)8-16(10-23)20(26)27-12-19(25)24-11-15-6-7-17(21)9-18(15)22/h2-9H,11-12H2,1H3,(H,24,25)/b16-8+. The van der Waals surface area contributed by atoms with Gasteiger partial charge in [0.2, 0.25) is 0 Å². The summed E-state index contributed by atoms with van der Waals surface area (Å²) in [6.45, 7) is 1.59. The fourth-order valence-electron chi connectivity index (χ4n) is 2.08. The lowest BCUT2D eigenvalue weighted by molar-refractivity contribution is -0.144. The molecule has 2 rings (SSSR count). The second-order valence-corrected chi connectivity index (χ2v) is 6.51. The maximum absolute atomic E-state index is 12.0. The third-order valence-electron chi connectivity index (χ3n) is 3.55. The minimum Gasteiger partial charge on any atom is -0.451 e. The van der Waals surface area contributed by atoms with Crippen molar-refractivity contribution in [1.82, 2.24) is 5.32 Å². The Labute approximate surface area is 167 Å². The number of esters is 1. The number of aryl methyl sites for hydroxylation is 1. The van der Waals surface area contributed by atoms with Gasteiger partial charge in [0, 0.05) is 16.6 Å². The number of ether oxygens (including phenoxy) is 1. The van der Waals surface area contributed by atoms with Gasteiger partial charge in [-0.3, -0.25) is 4.79 Å². The van der Waals surface area contributed by atoms with E-state index in [1.54, 1.807) is 36.4 Å². The third-order valence-corrected chi connectivity index (χ3v) is 4.14. The van der Waals surface area contributed by atoms with E-state index >= 15 is 0 Å². The number of hydrogen-bond acceptors (Lipinski definition) is 4. The van der Waals surface area contributed by atoms with Crippen molar-refractivity contribution >= 4 is 41.2 Å². The summed E-state index contributed by atoms with van der Waals surface area (Å²) in [7, 11) is 0. The molecule has 1 amide bonds. The molecule has 5 nitrogen and oxygen atoms in total. The minimum absolute atomic E-state index is 0.163. The highest BCUT2D eigenvalue weighted by Gasteiger charge is 2.13. The number of amides is 1. The number of nitrogens with one attached hydrogen (secondary N) is 1. The number of hydrogen-bond donors (Lipinski definition) is 1. The van der Waals surface area contributed by atoms with Gasteiger partial charge in [-0.15, -0.1) is 0 Å². The van der Waals surface area contributed by atoms with Crippen molar-refractivity contribution in [2.45, 2.75) is 13.5 Å². The number of rotatable bonds is 6. The number of carbonyl (C=O) groups is 2. The van der Waals surface area contributed by atoms with Gasteiger partial charge in [-0.2, -0.15) is 5.26 Å². The Morgan fingerprint density at radius 2 is 1.89 bits per heavy atom. The largest absolute Gasteiger partial charge is 0.451 e. The molecule has 0 aliphatic carbocycles. The Hall–Kier alpha value is -2.81. The van der Waals surface area contributed by atoms with Crippen LogP contribution in [-0.4, -0.2) is 18.5 Å². The average Bonchev–Trinajstić information content (AvgIpc) is 2.65. The molecule has 2 aromatic rings. The van der Waals surface area contributed by atoms with Gasteiger partial charge in [0.1, 0.15) is 11.6 Å². The molecule has 0 radical (unpaired) electrons. The number of nitrogens with zero attached hydrogens (tertiary/aromatic N) is 1. The van der Waals surface area contributed by atoms with Crippen molar-refractivity contribution in [2.75, 3.05) is 6.61 Å². The highest BCUT2D eigenvalue weighted by Crippen LogP contribution is 2.20. The Morgan fingerprint density at radius 1 is 1.19 bits per heavy atom. The smallest absolute Gasteiger partial charge is 0.349 e. The van der Waals surface area contributed by atoms with Crippen LogP contribution in [0.1, 0.15) is 16.7 Å². The molecule has 27 heavy (non-hydrogen) atoms. The van der Waals surface area contributed by atoms with E-state index in [9.17, 15) is 9.59 Å². The van der Waals surface area contributed by atoms with Crippen LogP contribution in [0.25, 0.3) is 6.08 Å². The molecule has 0 saturated carbocycles. The van der Waals surface area contributed by atoms with Crippen molar-refractivity contribution in [1.29, 1.82) is 5.26 Å². The number of halogens is 2. The summed E-state index contributed by atoms with van der Waals surface area (Å²) < 4.78 is 4.89. The van der Waals surface area contributed by atoms with Crippen LogP contribution in [0.5, 0.6) is 0 Å². The molecule has 0 heterocycles. The van der Waals surface area contributed by atoms with Crippen molar-refractivity contribution < 1.29 is 14.3 Å². The number of carbonyl (C=O) groups excluding carboxylic acids is 2. The van der Waals surface area contributed by atoms with Crippen LogP contribution in [0.15, 0.2) is 48.0 Å². The monoisotopic (exact) mass is 402 g/mol. The second-order valence-electron chi connectivity index (χ2n) is 5.67. The van der Waals surface area contributed by atoms with Gasteiger partial charge >= 0.3 is 5.97 Å². The quantitative estimate of drug-likeness (QED) is 0.448. The maximum atomic E-state index is 12.0. The summed E-state index contributed by atoms with van der Waals surface area (Å²) in [6, 6.07) is 14.0. The fourth-order valence-corrected chi connectivity index (χ4v) is 2.56. The van der Waals surface area contributed by atoms with E-state index in [0.717, 1.165) is 5.56 Å². The molecule has 138 valence electrons. The molecule has 0 atom stereocenters. The van der Waals surface area contributed by atoms with Gasteiger partial charge in [-0.05, 0) is 36.3 Å². The Morgan fingerprint density at radius 3 is 2.52 bits per heavy atom. The molecular weight excluding hydrogens is 387 g/mol. The summed E-state index contributed by atoms with van der Waals surface area (Å²) in [4.78, 5) is 23.8. The van der Waals surface area contributed by atoms with Crippen molar-refractivity contribution in [2.24, 2.45) is 0 Å². The van der Waals surface area contributed by atoms with Crippen LogP contribution >= 0.6 is 23.2 Å². The first-order valence-electron chi connectivity index (χ1n) is 7.95. The van der Waals surface area contributed by atoms with Crippen LogP contribution in [0.3, 0.4) is 0 Å². The summed E-state index contributed by atoms with van der Waals surface area (Å²) in [5.74, 6) is -1.38. The lowest BCUT2D eigenvalue weighted by atomic mass is 10.1. The summed E-state index contributed by atoms with van der Waals surface area (Å²) in [5, 5.41) is 12.6. The second kappa shape index (κ2) is 9.77. The minimum atomic E-state index is -0.863. The lowest BCUT2D eigenvalue weighted by Gasteiger charge is -2.08. The van der Waals surface area contributed by atoms with Crippen molar-refractivity contribution in [3.05, 3.63) is 74.8 Å². The van der Waals surface area contributed by atoms with E-state index < -0.39 is 18.5 Å². The van der Waals surface area contributed by atoms with Crippen LogP contribution < -0.4 is 5.32 Å². The summed E-state index contributed by atoms with van der Waals surface area (Å²) in [5.41, 5.74) is 2.24. The van der Waals surface area contributed by atoms with E-state index in [2.05, 4.69) is 5.32 Å². The molecular formula is C20H16Cl2N2O3. The van der Waals surface area contributed by atoms with E-state index in [1.807, 2.05) is 19.1 Å². The molecule has 0 unspecified atom stereocenters. The number of benzene rings is 2. The van der Waals surface area contributed by atoms with Gasteiger partial charge in [-0.1, -0.05) is 59.1 Å². The van der Waals surface area contributed by atoms with Crippen molar-refractivity contribution in [3.63, 3.8) is 0 Å². The van der Waals surface area contributed by atoms with Crippen molar-refractivity contribution in [3.8, 4) is 6.07 Å². The zero-order valence-corrected chi connectivity index (χ0v) is 16.0. The SMILES string of the molecule is Cc1ccc(/C=C(\C#N)C(=O)OCC(=O)NCc2ccc(Cl)cc2Cl)cc1. The zero-order valence-electron chi connectivity index (χ0n) is 14.5. The molecule has 7 heteroatoms. The summed E-state index contributed by atoms with van der Waals surface area (Å²) in [6.07, 6.45) is 1.41. The molecule has 1 N–H and O–H groups in total. The van der Waals surface area contributed by atoms with Gasteiger partial charge in [0.05, 0.1) is 0 Å². The molecule has 0 aromatic heterocycles. The predicted molar refractivity (Wildman–Crippen MR) is 104 cm³/mol. The first kappa shape index (κ1) is 20.5. The Kier molecular flexibility index (Phi) is 7.42. The van der Waals surface area contributed by atoms with Crippen LogP contribution in [-0.2, 0) is 20.9 Å². The third kappa shape index (κ3) is 6.45. The first-order chi connectivity index (χ1) is 12.9. The van der Waals surface area contributed by atoms with E-state index in [4.69, 9.17) is 33.2 Å². The maximum Gasteiger partial charge on any atom is 0.349 e. The summed E-state index contributed by atoms with van der Waals surface area (Å²) >= 11 is 11.8. The van der Waals surface area contributed by atoms with Gasteiger partial charge in [-0.25, -0.2) is 4.79 Å². The predicted octanol–water partition coefficient (Wildman–Crippen LogP) is 4.07. The molecule has 0 aliphatic rings. The highest BCUT2D eigenvalue weighted by atomic mass is 35.5. The molecule has 0 fully saturated rings. The molecule has 0 saturated heterocycles. The van der Waals surface area contributed by atoms with Gasteiger partial charge < -0.3 is 10.1 Å².